The molecule has 3 atom stereocenters. The zero-order chi connectivity index (χ0) is 25.8. The molecule has 1 saturated heterocycles. The van der Waals surface area contributed by atoms with Gasteiger partial charge in [-0.05, 0) is 37.7 Å². The maximum atomic E-state index is 14.7. The molecule has 1 saturated carbocycles. The largest absolute Gasteiger partial charge is 0.363 e. The molecule has 1 N–H and O–H groups in total. The van der Waals surface area contributed by atoms with Crippen molar-refractivity contribution in [2.24, 2.45) is 12.5 Å². The first kappa shape index (κ1) is 24.3. The van der Waals surface area contributed by atoms with E-state index in [-0.39, 0.29) is 34.3 Å². The van der Waals surface area contributed by atoms with E-state index in [9.17, 15) is 22.8 Å². The summed E-state index contributed by atoms with van der Waals surface area (Å²) < 4.78 is 42.4. The molecular formula is C26H28F3N5O2. The molecule has 1 aliphatic carbocycles. The zero-order valence-electron chi connectivity index (χ0n) is 20.4. The lowest BCUT2D eigenvalue weighted by atomic mass is 9.85. The highest BCUT2D eigenvalue weighted by atomic mass is 19.3. The van der Waals surface area contributed by atoms with Crippen LogP contribution in [0.2, 0.25) is 0 Å². The zero-order valence-corrected chi connectivity index (χ0v) is 20.4. The maximum absolute atomic E-state index is 14.7. The predicted octanol–water partition coefficient (Wildman–Crippen LogP) is 4.98. The van der Waals surface area contributed by atoms with Crippen molar-refractivity contribution in [2.75, 3.05) is 11.9 Å². The van der Waals surface area contributed by atoms with Crippen LogP contribution in [0, 0.1) is 11.2 Å². The van der Waals surface area contributed by atoms with Crippen molar-refractivity contribution in [3.63, 3.8) is 0 Å². The molecule has 0 unspecified atom stereocenters. The fraction of sp³-hybridized carbons (Fsp3) is 0.462. The van der Waals surface area contributed by atoms with Crippen LogP contribution in [0.25, 0.3) is 11.0 Å². The van der Waals surface area contributed by atoms with E-state index >= 15 is 0 Å². The molecule has 3 aromatic rings. The molecule has 1 aromatic carbocycles. The molecular weight excluding hydrogens is 471 g/mol. The van der Waals surface area contributed by atoms with Crippen LogP contribution in [0.15, 0.2) is 35.4 Å². The van der Waals surface area contributed by atoms with E-state index in [2.05, 4.69) is 22.2 Å². The Labute approximate surface area is 206 Å². The first-order valence-electron chi connectivity index (χ1n) is 12.1. The molecule has 2 aliphatic rings. The average molecular weight is 500 g/mol. The lowest BCUT2D eigenvalue weighted by Gasteiger charge is -2.29. The van der Waals surface area contributed by atoms with Crippen molar-refractivity contribution >= 4 is 22.8 Å². The number of amides is 1. The molecule has 0 radical (unpaired) electrons. The summed E-state index contributed by atoms with van der Waals surface area (Å²) in [5.74, 6) is -1.03. The molecule has 0 spiro atoms. The van der Waals surface area contributed by atoms with Gasteiger partial charge in [0, 0.05) is 25.2 Å². The minimum atomic E-state index is -2.94. The number of nitrogens with one attached hydrogen (secondary N) is 1. The number of benzene rings is 1. The number of hydrogen-bond acceptors (Lipinski definition) is 5. The van der Waals surface area contributed by atoms with Crippen LogP contribution in [0.1, 0.15) is 73.5 Å². The minimum Gasteiger partial charge on any atom is -0.363 e. The van der Waals surface area contributed by atoms with Crippen LogP contribution in [0.4, 0.5) is 19.0 Å². The van der Waals surface area contributed by atoms with Crippen molar-refractivity contribution in [3.05, 3.63) is 63.5 Å². The normalized spacial score (nSPS) is 22.3. The van der Waals surface area contributed by atoms with Gasteiger partial charge < -0.3 is 10.2 Å². The number of alkyl halides is 2. The number of hydrogen-bond donors (Lipinski definition) is 1. The van der Waals surface area contributed by atoms with Gasteiger partial charge in [-0.1, -0.05) is 31.5 Å². The van der Waals surface area contributed by atoms with E-state index in [0.29, 0.717) is 17.6 Å². The lowest BCUT2D eigenvalue weighted by molar-refractivity contribution is 0.0701. The van der Waals surface area contributed by atoms with Gasteiger partial charge in [-0.3, -0.25) is 14.2 Å². The summed E-state index contributed by atoms with van der Waals surface area (Å²) in [6.45, 7) is 4.44. The summed E-state index contributed by atoms with van der Waals surface area (Å²) >= 11 is 0. The molecule has 3 heterocycles. The number of likely N-dealkylation sites (tertiary alicyclic amines) is 1. The van der Waals surface area contributed by atoms with Crippen LogP contribution < -0.4 is 10.9 Å². The monoisotopic (exact) mass is 499 g/mol. The molecule has 1 aliphatic heterocycles. The highest BCUT2D eigenvalue weighted by Gasteiger charge is 2.49. The van der Waals surface area contributed by atoms with Gasteiger partial charge in [0.25, 0.3) is 17.9 Å². The topological polar surface area (TPSA) is 80.1 Å². The van der Waals surface area contributed by atoms with Crippen molar-refractivity contribution < 1.29 is 18.0 Å². The average Bonchev–Trinajstić information content (AvgIpc) is 3.37. The SMILES string of the molecule is C[C@@H](Nc1ncnc2c1cc(C(=O)N1CC[C@]3(C)CCC[C@H]13)c(=O)n2C)c1cccc(C(F)F)c1F. The molecule has 2 fully saturated rings. The Bertz CT molecular complexity index is 1410. The minimum absolute atomic E-state index is 0.0255. The fourth-order valence-corrected chi connectivity index (χ4v) is 5.86. The highest BCUT2D eigenvalue weighted by molar-refractivity contribution is 5.99. The van der Waals surface area contributed by atoms with Crippen LogP contribution >= 0.6 is 0 Å². The van der Waals surface area contributed by atoms with Crippen molar-refractivity contribution in [1.29, 1.82) is 0 Å². The second kappa shape index (κ2) is 8.90. The van der Waals surface area contributed by atoms with E-state index in [1.165, 1.54) is 36.1 Å². The van der Waals surface area contributed by atoms with E-state index in [1.807, 2.05) is 4.90 Å². The first-order chi connectivity index (χ1) is 17.1. The van der Waals surface area contributed by atoms with Crippen molar-refractivity contribution in [2.45, 2.75) is 58.0 Å². The standard InChI is InChI=1S/C26H28F3N5O2/c1-14(15-6-4-7-16(20(15)27)21(28)29)32-22-17-12-18(24(35)33(3)23(17)31-13-30-22)25(36)34-11-10-26(2)9-5-8-19(26)34/h4,6-7,12-14,19,21H,5,8-11H2,1-3H3,(H,30,31,32)/t14-,19+,26+/m1/s1. The maximum Gasteiger partial charge on any atom is 0.266 e. The van der Waals surface area contributed by atoms with Crippen LogP contribution in [0.3, 0.4) is 0 Å². The van der Waals surface area contributed by atoms with E-state index in [1.54, 1.807) is 6.92 Å². The number of anilines is 1. The summed E-state index contributed by atoms with van der Waals surface area (Å²) in [5.41, 5.74) is -0.660. The molecule has 190 valence electrons. The van der Waals surface area contributed by atoms with Gasteiger partial charge in [0.15, 0.2) is 0 Å². The van der Waals surface area contributed by atoms with Crippen molar-refractivity contribution in [3.8, 4) is 0 Å². The fourth-order valence-electron chi connectivity index (χ4n) is 5.86. The summed E-state index contributed by atoms with van der Waals surface area (Å²) in [6.07, 6.45) is 2.28. The second-order valence-electron chi connectivity index (χ2n) is 10.1. The second-order valence-corrected chi connectivity index (χ2v) is 10.1. The molecule has 0 bridgehead atoms. The molecule has 5 rings (SSSR count). The summed E-state index contributed by atoms with van der Waals surface area (Å²) in [5, 5.41) is 3.47. The Morgan fingerprint density at radius 2 is 1.97 bits per heavy atom. The Hall–Kier alpha value is -3.43. The summed E-state index contributed by atoms with van der Waals surface area (Å²) in [4.78, 5) is 37.0. The molecule has 7 nitrogen and oxygen atoms in total. The van der Waals surface area contributed by atoms with Crippen LogP contribution in [-0.4, -0.2) is 37.9 Å². The number of carbonyl (C=O) groups excluding carboxylic acids is 1. The van der Waals surface area contributed by atoms with Gasteiger partial charge >= 0.3 is 0 Å². The highest BCUT2D eigenvalue weighted by Crippen LogP contribution is 2.48. The number of pyridine rings is 1. The van der Waals surface area contributed by atoms with Gasteiger partial charge in [-0.25, -0.2) is 23.1 Å². The smallest absolute Gasteiger partial charge is 0.266 e. The number of fused-ring (bicyclic) bond motifs is 2. The Morgan fingerprint density at radius 3 is 2.72 bits per heavy atom. The molecule has 1 amide bonds. The third-order valence-electron chi connectivity index (χ3n) is 7.94. The first-order valence-corrected chi connectivity index (χ1v) is 12.1. The van der Waals surface area contributed by atoms with E-state index in [4.69, 9.17) is 0 Å². The Morgan fingerprint density at radius 1 is 1.22 bits per heavy atom. The third kappa shape index (κ3) is 3.83. The Balaban J connectivity index is 1.53. The lowest BCUT2D eigenvalue weighted by Crippen LogP contribution is -2.41. The number of rotatable bonds is 5. The number of aryl methyl sites for hydroxylation is 1. The van der Waals surface area contributed by atoms with Gasteiger partial charge in [-0.15, -0.1) is 0 Å². The Kier molecular flexibility index (Phi) is 6.00. The molecule has 10 heteroatoms. The van der Waals surface area contributed by atoms with E-state index < -0.39 is 29.4 Å². The van der Waals surface area contributed by atoms with Crippen LogP contribution in [-0.2, 0) is 7.05 Å². The van der Waals surface area contributed by atoms with Crippen LogP contribution in [0.5, 0.6) is 0 Å². The van der Waals surface area contributed by atoms with Gasteiger partial charge in [0.2, 0.25) is 0 Å². The quantitative estimate of drug-likeness (QED) is 0.536. The number of carbonyl (C=O) groups is 1. The van der Waals surface area contributed by atoms with Gasteiger partial charge in [0.1, 0.15) is 29.2 Å². The molecule has 36 heavy (non-hydrogen) atoms. The van der Waals surface area contributed by atoms with Crippen molar-refractivity contribution in [1.82, 2.24) is 19.4 Å². The van der Waals surface area contributed by atoms with E-state index in [0.717, 1.165) is 31.7 Å². The number of nitrogens with zero attached hydrogens (tertiary/aromatic N) is 4. The van der Waals surface area contributed by atoms with Gasteiger partial charge in [0.05, 0.1) is 17.0 Å². The summed E-state index contributed by atoms with van der Waals surface area (Å²) in [7, 11) is 1.54. The predicted molar refractivity (Wildman–Crippen MR) is 130 cm³/mol. The van der Waals surface area contributed by atoms with Gasteiger partial charge in [-0.2, -0.15) is 0 Å². The summed E-state index contributed by atoms with van der Waals surface area (Å²) in [6, 6.07) is 4.74. The third-order valence-corrected chi connectivity index (χ3v) is 7.94. The molecule has 2 aromatic heterocycles. The number of halogens is 3. The number of aromatic nitrogens is 3.